The molecule has 2 aromatic carbocycles. The van der Waals surface area contributed by atoms with E-state index in [1.807, 2.05) is 0 Å². The van der Waals surface area contributed by atoms with E-state index in [0.717, 1.165) is 19.3 Å². The van der Waals surface area contributed by atoms with Crippen LogP contribution < -0.4 is 59.1 Å². The maximum Gasteiger partial charge on any atom is 1.00 e. The Hall–Kier alpha value is -0.270. The average Bonchev–Trinajstić information content (AvgIpc) is 3.27. The number of unbranched alkanes of at least 4 members (excludes halogenated alkanes) is 14. The molecular weight excluding hydrogens is 606 g/mol. The van der Waals surface area contributed by atoms with Crippen molar-refractivity contribution in [3.8, 4) is 0 Å². The minimum absolute atomic E-state index is 0. The van der Waals surface area contributed by atoms with Gasteiger partial charge in [0.2, 0.25) is 0 Å². The van der Waals surface area contributed by atoms with Gasteiger partial charge in [-0.3, -0.25) is 0 Å². The summed E-state index contributed by atoms with van der Waals surface area (Å²) in [6.45, 7) is 2.16. The Labute approximate surface area is 302 Å². The van der Waals surface area contributed by atoms with Crippen LogP contribution in [0.25, 0.3) is 11.0 Å². The average molecular weight is 651 g/mol. The van der Waals surface area contributed by atoms with Crippen molar-refractivity contribution in [1.29, 1.82) is 0 Å². The van der Waals surface area contributed by atoms with Crippen LogP contribution in [0.5, 0.6) is 0 Å². The Morgan fingerprint density at radius 2 is 1.09 bits per heavy atom. The number of fused-ring (bicyclic) bond motifs is 1. The molecule has 43 heavy (non-hydrogen) atoms. The third-order valence-corrected chi connectivity index (χ3v) is 9.46. The van der Waals surface area contributed by atoms with Gasteiger partial charge in [-0.2, -0.15) is 0 Å². The molecule has 8 nitrogen and oxygen atoms in total. The van der Waals surface area contributed by atoms with Crippen LogP contribution in [0.4, 0.5) is 0 Å². The van der Waals surface area contributed by atoms with Gasteiger partial charge in [0.15, 0.2) is 0 Å². The standard InChI is InChI=1S/C31H46N2O6S2.2Na/c1-2-3-4-5-6-7-8-9-10-11-12-13-14-15-16-24-30-32-27-21-19-23-29(41(37,38)39)31(27)33(30)25-26-20-17-18-22-28(26)40(34,35)36;;/h17-23H,2-16,24-25H2,1H3,(H,34,35,36)(H,37,38,39);;/q;2*+1/p-2. The van der Waals surface area contributed by atoms with E-state index in [1.165, 1.54) is 107 Å². The molecule has 0 amide bonds. The van der Waals surface area contributed by atoms with E-state index >= 15 is 0 Å². The number of aryl methyl sites for hydroxylation is 1. The van der Waals surface area contributed by atoms with Crippen LogP contribution in [0.1, 0.15) is 115 Å². The molecule has 0 radical (unpaired) electrons. The maximum absolute atomic E-state index is 12.1. The summed E-state index contributed by atoms with van der Waals surface area (Å²) in [6.07, 6.45) is 19.2. The van der Waals surface area contributed by atoms with Gasteiger partial charge in [-0.05, 0) is 30.2 Å². The molecule has 1 aromatic heterocycles. The SMILES string of the molecule is CCCCCCCCCCCCCCCCCc1nc2cccc(S(=O)(=O)[O-])c2n1Cc1ccccc1S(=O)(=O)[O-].[Na+].[Na+]. The normalized spacial score (nSPS) is 11.8. The Bertz CT molecular complexity index is 1460. The topological polar surface area (TPSA) is 132 Å². The number of imidazole rings is 1. The quantitative estimate of drug-likeness (QED) is 0.102. The molecule has 12 heteroatoms. The minimum Gasteiger partial charge on any atom is -0.744 e. The molecule has 1 heterocycles. The number of rotatable bonds is 20. The zero-order chi connectivity index (χ0) is 29.7. The first kappa shape index (κ1) is 40.8. The summed E-state index contributed by atoms with van der Waals surface area (Å²) in [4.78, 5) is 3.83. The van der Waals surface area contributed by atoms with Gasteiger partial charge in [-0.25, -0.2) is 21.8 Å². The van der Waals surface area contributed by atoms with Crippen molar-refractivity contribution in [2.24, 2.45) is 0 Å². The van der Waals surface area contributed by atoms with Crippen molar-refractivity contribution in [3.63, 3.8) is 0 Å². The van der Waals surface area contributed by atoms with Crippen molar-refractivity contribution < 1.29 is 85.1 Å². The zero-order valence-corrected chi connectivity index (χ0v) is 31.9. The molecule has 3 rings (SSSR count). The molecule has 0 aliphatic carbocycles. The monoisotopic (exact) mass is 650 g/mol. The summed E-state index contributed by atoms with van der Waals surface area (Å²) in [5.41, 5.74) is 0.703. The molecular formula is C31H44N2Na2O6S2. The minimum atomic E-state index is -4.81. The Kier molecular flexibility index (Phi) is 19.7. The van der Waals surface area contributed by atoms with Gasteiger partial charge in [-0.15, -0.1) is 0 Å². The second-order valence-corrected chi connectivity index (χ2v) is 13.6. The largest absolute Gasteiger partial charge is 1.00 e. The summed E-state index contributed by atoms with van der Waals surface area (Å²) in [5, 5.41) is 0. The Morgan fingerprint density at radius 3 is 1.60 bits per heavy atom. The maximum atomic E-state index is 12.1. The van der Waals surface area contributed by atoms with Crippen molar-refractivity contribution in [1.82, 2.24) is 9.55 Å². The number of hydrogen-bond donors (Lipinski definition) is 0. The first-order valence-electron chi connectivity index (χ1n) is 15.1. The van der Waals surface area contributed by atoms with Crippen LogP contribution in [0.3, 0.4) is 0 Å². The first-order valence-corrected chi connectivity index (χ1v) is 17.9. The van der Waals surface area contributed by atoms with Crippen LogP contribution >= 0.6 is 0 Å². The van der Waals surface area contributed by atoms with E-state index in [0.29, 0.717) is 17.8 Å². The van der Waals surface area contributed by atoms with E-state index in [2.05, 4.69) is 11.9 Å². The molecule has 0 fully saturated rings. The number of aromatic nitrogens is 2. The molecule has 0 spiro atoms. The molecule has 3 aromatic rings. The number of benzene rings is 2. The van der Waals surface area contributed by atoms with Crippen LogP contribution in [0.2, 0.25) is 0 Å². The predicted octanol–water partition coefficient (Wildman–Crippen LogP) is 1.31. The fourth-order valence-corrected chi connectivity index (χ4v) is 6.86. The second kappa shape index (κ2) is 20.8. The van der Waals surface area contributed by atoms with Crippen LogP contribution in [-0.4, -0.2) is 35.5 Å². The molecule has 0 aliphatic rings. The van der Waals surface area contributed by atoms with Crippen LogP contribution in [0, 0.1) is 0 Å². The second-order valence-electron chi connectivity index (χ2n) is 11.0. The van der Waals surface area contributed by atoms with Crippen molar-refractivity contribution in [2.75, 3.05) is 0 Å². The summed E-state index contributed by atoms with van der Waals surface area (Å²) in [6, 6.07) is 10.2. The molecule has 0 unspecified atom stereocenters. The Balaban J connectivity index is 0.00000462. The molecule has 0 atom stereocenters. The third-order valence-electron chi connectivity index (χ3n) is 7.65. The Morgan fingerprint density at radius 1 is 0.628 bits per heavy atom. The molecule has 228 valence electrons. The molecule has 0 aliphatic heterocycles. The van der Waals surface area contributed by atoms with Gasteiger partial charge in [0.25, 0.3) is 0 Å². The van der Waals surface area contributed by atoms with Gasteiger partial charge < -0.3 is 13.7 Å². The van der Waals surface area contributed by atoms with Crippen molar-refractivity contribution in [2.45, 2.75) is 126 Å². The van der Waals surface area contributed by atoms with Gasteiger partial charge >= 0.3 is 59.1 Å². The molecule has 0 saturated heterocycles. The molecule has 0 N–H and O–H groups in total. The first-order chi connectivity index (χ1) is 19.6. The smallest absolute Gasteiger partial charge is 0.744 e. The van der Waals surface area contributed by atoms with Gasteiger partial charge in [-0.1, -0.05) is 121 Å². The third kappa shape index (κ3) is 13.5. The van der Waals surface area contributed by atoms with Crippen molar-refractivity contribution in [3.05, 3.63) is 53.9 Å². The van der Waals surface area contributed by atoms with E-state index in [4.69, 9.17) is 0 Å². The summed E-state index contributed by atoms with van der Waals surface area (Å²) in [7, 11) is -9.56. The predicted molar refractivity (Wildman–Crippen MR) is 160 cm³/mol. The van der Waals surface area contributed by atoms with Gasteiger partial charge in [0.05, 0.1) is 27.4 Å². The summed E-state index contributed by atoms with van der Waals surface area (Å²) in [5.74, 6) is 0.559. The van der Waals surface area contributed by atoms with E-state index in [-0.39, 0.29) is 81.6 Å². The van der Waals surface area contributed by atoms with E-state index in [1.54, 1.807) is 16.7 Å². The van der Waals surface area contributed by atoms with Gasteiger partial charge in [0.1, 0.15) is 26.1 Å². The van der Waals surface area contributed by atoms with Crippen LogP contribution in [-0.2, 0) is 33.2 Å². The van der Waals surface area contributed by atoms with E-state index in [9.17, 15) is 25.9 Å². The fourth-order valence-electron chi connectivity index (χ4n) is 5.47. The zero-order valence-electron chi connectivity index (χ0n) is 26.2. The van der Waals surface area contributed by atoms with Gasteiger partial charge in [0, 0.05) is 6.42 Å². The van der Waals surface area contributed by atoms with Crippen molar-refractivity contribution >= 4 is 31.3 Å². The summed E-state index contributed by atoms with van der Waals surface area (Å²) >= 11 is 0. The molecule has 0 saturated carbocycles. The van der Waals surface area contributed by atoms with E-state index < -0.39 is 25.1 Å². The number of hydrogen-bond acceptors (Lipinski definition) is 7. The summed E-state index contributed by atoms with van der Waals surface area (Å²) < 4.78 is 73.3. The number of nitrogens with zero attached hydrogens (tertiary/aromatic N) is 2. The van der Waals surface area contributed by atoms with Crippen LogP contribution in [0.15, 0.2) is 52.3 Å². The molecule has 0 bridgehead atoms. The fraction of sp³-hybridized carbons (Fsp3) is 0.581. The number of para-hydroxylation sites is 1.